The molecular weight excluding hydrogens is 210 g/mol. The van der Waals surface area contributed by atoms with Crippen LogP contribution < -0.4 is 11.1 Å². The fraction of sp³-hybridized carbons (Fsp3) is 0.571. The Hall–Kier alpha value is -0.900. The molecule has 1 heterocycles. The van der Waals surface area contributed by atoms with E-state index in [1.807, 2.05) is 6.07 Å². The zero-order valence-corrected chi connectivity index (χ0v) is 10.6. The minimum absolute atomic E-state index is 0.145. The first-order valence-corrected chi connectivity index (χ1v) is 6.51. The van der Waals surface area contributed by atoms with Gasteiger partial charge in [0.05, 0.1) is 0 Å². The first kappa shape index (κ1) is 12.6. The molecule has 1 fully saturated rings. The molecule has 0 bridgehead atoms. The van der Waals surface area contributed by atoms with Crippen molar-refractivity contribution in [1.82, 2.24) is 10.2 Å². The van der Waals surface area contributed by atoms with E-state index in [1.54, 1.807) is 0 Å². The van der Waals surface area contributed by atoms with Gasteiger partial charge in [-0.1, -0.05) is 37.3 Å². The lowest BCUT2D eigenvalue weighted by molar-refractivity contribution is 0.199. The molecule has 3 heteroatoms. The summed E-state index contributed by atoms with van der Waals surface area (Å²) in [5, 5.41) is 3.38. The fourth-order valence-corrected chi connectivity index (χ4v) is 2.42. The molecule has 0 saturated carbocycles. The van der Waals surface area contributed by atoms with Crippen molar-refractivity contribution in [2.45, 2.75) is 13.0 Å². The topological polar surface area (TPSA) is 41.3 Å². The third-order valence-corrected chi connectivity index (χ3v) is 3.55. The molecule has 0 aliphatic carbocycles. The van der Waals surface area contributed by atoms with Crippen LogP contribution in [-0.2, 0) is 0 Å². The average Bonchev–Trinajstić information content (AvgIpc) is 2.40. The number of nitrogens with zero attached hydrogens (tertiary/aromatic N) is 1. The van der Waals surface area contributed by atoms with E-state index >= 15 is 0 Å². The first-order chi connectivity index (χ1) is 8.27. The molecule has 0 spiro atoms. The molecule has 1 saturated heterocycles. The van der Waals surface area contributed by atoms with E-state index < -0.39 is 0 Å². The van der Waals surface area contributed by atoms with Crippen LogP contribution in [0.15, 0.2) is 30.3 Å². The Kier molecular flexibility index (Phi) is 4.54. The summed E-state index contributed by atoms with van der Waals surface area (Å²) in [5.74, 6) is 0.496. The van der Waals surface area contributed by atoms with Crippen molar-refractivity contribution >= 4 is 0 Å². The van der Waals surface area contributed by atoms with Crippen LogP contribution in [0.1, 0.15) is 18.5 Å². The molecule has 3 nitrogen and oxygen atoms in total. The lowest BCUT2D eigenvalue weighted by Gasteiger charge is -2.31. The standard InChI is InChI=1S/C14H23N3/c1-12(11-17-9-7-16-8-10-17)14(15)13-5-3-2-4-6-13/h2-6,12,14,16H,7-11,15H2,1H3. The largest absolute Gasteiger partial charge is 0.324 e. The van der Waals surface area contributed by atoms with E-state index in [0.29, 0.717) is 5.92 Å². The third-order valence-electron chi connectivity index (χ3n) is 3.55. The molecule has 17 heavy (non-hydrogen) atoms. The number of nitrogens with one attached hydrogen (secondary N) is 1. The minimum atomic E-state index is 0.145. The Bertz CT molecular complexity index is 319. The van der Waals surface area contributed by atoms with Crippen molar-refractivity contribution in [3.63, 3.8) is 0 Å². The van der Waals surface area contributed by atoms with Crippen molar-refractivity contribution in [3.8, 4) is 0 Å². The second-order valence-electron chi connectivity index (χ2n) is 4.96. The molecule has 0 amide bonds. The maximum atomic E-state index is 6.31. The van der Waals surface area contributed by atoms with Gasteiger partial charge in [-0.25, -0.2) is 0 Å². The monoisotopic (exact) mass is 233 g/mol. The number of benzene rings is 1. The summed E-state index contributed by atoms with van der Waals surface area (Å²) in [6.07, 6.45) is 0. The average molecular weight is 233 g/mol. The third kappa shape index (κ3) is 3.53. The molecule has 2 atom stereocenters. The molecule has 2 unspecified atom stereocenters. The Morgan fingerprint density at radius 2 is 1.88 bits per heavy atom. The van der Waals surface area contributed by atoms with Gasteiger partial charge in [-0.2, -0.15) is 0 Å². The minimum Gasteiger partial charge on any atom is -0.324 e. The van der Waals surface area contributed by atoms with Gasteiger partial charge in [-0.05, 0) is 11.5 Å². The summed E-state index contributed by atoms with van der Waals surface area (Å²) in [5.41, 5.74) is 7.56. The molecule has 1 aliphatic heterocycles. The summed E-state index contributed by atoms with van der Waals surface area (Å²) in [6, 6.07) is 10.6. The van der Waals surface area contributed by atoms with E-state index in [1.165, 1.54) is 5.56 Å². The van der Waals surface area contributed by atoms with Crippen molar-refractivity contribution in [2.75, 3.05) is 32.7 Å². The normalized spacial score (nSPS) is 21.1. The first-order valence-electron chi connectivity index (χ1n) is 6.51. The van der Waals surface area contributed by atoms with Crippen molar-refractivity contribution in [2.24, 2.45) is 11.7 Å². The second kappa shape index (κ2) is 6.15. The van der Waals surface area contributed by atoms with Gasteiger partial charge in [0, 0.05) is 38.8 Å². The van der Waals surface area contributed by atoms with E-state index in [-0.39, 0.29) is 6.04 Å². The maximum absolute atomic E-state index is 6.31. The van der Waals surface area contributed by atoms with Crippen LogP contribution in [-0.4, -0.2) is 37.6 Å². The lowest BCUT2D eigenvalue weighted by atomic mass is 9.95. The summed E-state index contributed by atoms with van der Waals surface area (Å²) < 4.78 is 0. The Labute approximate surface area is 104 Å². The molecule has 1 aromatic carbocycles. The smallest absolute Gasteiger partial charge is 0.0333 e. The molecule has 2 rings (SSSR count). The number of rotatable bonds is 4. The summed E-state index contributed by atoms with van der Waals surface area (Å²) >= 11 is 0. The van der Waals surface area contributed by atoms with Gasteiger partial charge in [-0.15, -0.1) is 0 Å². The molecule has 94 valence electrons. The van der Waals surface area contributed by atoms with E-state index in [4.69, 9.17) is 5.73 Å². The fourth-order valence-electron chi connectivity index (χ4n) is 2.42. The maximum Gasteiger partial charge on any atom is 0.0333 e. The van der Waals surface area contributed by atoms with Gasteiger partial charge < -0.3 is 16.0 Å². The second-order valence-corrected chi connectivity index (χ2v) is 4.96. The SMILES string of the molecule is CC(CN1CCNCC1)C(N)c1ccccc1. The van der Waals surface area contributed by atoms with Gasteiger partial charge in [0.25, 0.3) is 0 Å². The number of hydrogen-bond acceptors (Lipinski definition) is 3. The van der Waals surface area contributed by atoms with Crippen LogP contribution in [0.4, 0.5) is 0 Å². The van der Waals surface area contributed by atoms with Crippen LogP contribution in [0, 0.1) is 5.92 Å². The van der Waals surface area contributed by atoms with Crippen molar-refractivity contribution in [3.05, 3.63) is 35.9 Å². The number of piperazine rings is 1. The molecule has 1 aromatic rings. The Balaban J connectivity index is 1.88. The summed E-state index contributed by atoms with van der Waals surface area (Å²) in [7, 11) is 0. The highest BCUT2D eigenvalue weighted by Gasteiger charge is 2.19. The van der Waals surface area contributed by atoms with Gasteiger partial charge in [-0.3, -0.25) is 0 Å². The molecule has 1 aliphatic rings. The quantitative estimate of drug-likeness (QED) is 0.822. The number of nitrogens with two attached hydrogens (primary N) is 1. The zero-order chi connectivity index (χ0) is 12.1. The Morgan fingerprint density at radius 3 is 2.53 bits per heavy atom. The molecule has 0 radical (unpaired) electrons. The van der Waals surface area contributed by atoms with Crippen LogP contribution in [0.3, 0.4) is 0 Å². The summed E-state index contributed by atoms with van der Waals surface area (Å²) in [4.78, 5) is 2.50. The highest BCUT2D eigenvalue weighted by atomic mass is 15.2. The van der Waals surface area contributed by atoms with Crippen LogP contribution in [0.2, 0.25) is 0 Å². The predicted octanol–water partition coefficient (Wildman–Crippen LogP) is 1.23. The van der Waals surface area contributed by atoms with Crippen LogP contribution in [0.5, 0.6) is 0 Å². The summed E-state index contributed by atoms with van der Waals surface area (Å²) in [6.45, 7) is 7.84. The highest BCUT2D eigenvalue weighted by Crippen LogP contribution is 2.19. The lowest BCUT2D eigenvalue weighted by Crippen LogP contribution is -2.46. The van der Waals surface area contributed by atoms with Gasteiger partial charge in [0.1, 0.15) is 0 Å². The molecule has 0 aromatic heterocycles. The van der Waals surface area contributed by atoms with Crippen LogP contribution >= 0.6 is 0 Å². The zero-order valence-electron chi connectivity index (χ0n) is 10.6. The molecular formula is C14H23N3. The predicted molar refractivity (Wildman–Crippen MR) is 71.8 cm³/mol. The molecule has 3 N–H and O–H groups in total. The van der Waals surface area contributed by atoms with Gasteiger partial charge >= 0.3 is 0 Å². The highest BCUT2D eigenvalue weighted by molar-refractivity contribution is 5.19. The van der Waals surface area contributed by atoms with Crippen molar-refractivity contribution < 1.29 is 0 Å². The van der Waals surface area contributed by atoms with E-state index in [2.05, 4.69) is 41.4 Å². The van der Waals surface area contributed by atoms with Gasteiger partial charge in [0.2, 0.25) is 0 Å². The van der Waals surface area contributed by atoms with E-state index in [9.17, 15) is 0 Å². The number of hydrogen-bond donors (Lipinski definition) is 2. The van der Waals surface area contributed by atoms with Crippen molar-refractivity contribution in [1.29, 1.82) is 0 Å². The van der Waals surface area contributed by atoms with Crippen LogP contribution in [0.25, 0.3) is 0 Å². The van der Waals surface area contributed by atoms with E-state index in [0.717, 1.165) is 32.7 Å². The van der Waals surface area contributed by atoms with Gasteiger partial charge in [0.15, 0.2) is 0 Å². The Morgan fingerprint density at radius 1 is 1.24 bits per heavy atom.